The molecule has 2 aromatic rings. The Balaban J connectivity index is 1.42. The first-order valence-electron chi connectivity index (χ1n) is 11.0. The third-order valence-corrected chi connectivity index (χ3v) is 8.84. The van der Waals surface area contributed by atoms with E-state index in [-0.39, 0.29) is 24.3 Å². The molecule has 2 N–H and O–H groups in total. The molecule has 2 amide bonds. The number of nitrogens with zero attached hydrogens (tertiary/aromatic N) is 3. The van der Waals surface area contributed by atoms with Crippen LogP contribution in [0.4, 0.5) is 10.8 Å². The van der Waals surface area contributed by atoms with Crippen LogP contribution >= 0.6 is 11.3 Å². The molecule has 9 nitrogen and oxygen atoms in total. The molecule has 3 heterocycles. The summed E-state index contributed by atoms with van der Waals surface area (Å²) in [5, 5.41) is 6.24. The minimum Gasteiger partial charge on any atom is -0.326 e. The number of amides is 2. The lowest BCUT2D eigenvalue weighted by Crippen LogP contribution is -2.49. The average Bonchev–Trinajstić information content (AvgIpc) is 3.43. The second-order valence-electron chi connectivity index (χ2n) is 8.65. The van der Waals surface area contributed by atoms with E-state index in [9.17, 15) is 18.0 Å². The maximum atomic E-state index is 12.9. The number of carbonyl (C=O) groups is 2. The minimum atomic E-state index is -3.50. The van der Waals surface area contributed by atoms with E-state index in [1.807, 2.05) is 19.9 Å². The summed E-state index contributed by atoms with van der Waals surface area (Å²) < 4.78 is 29.6. The molecule has 2 aliphatic rings. The highest BCUT2D eigenvalue weighted by atomic mass is 32.2. The zero-order valence-corrected chi connectivity index (χ0v) is 20.0. The van der Waals surface area contributed by atoms with Gasteiger partial charge in [0.15, 0.2) is 5.13 Å². The molecular weight excluding hydrogens is 450 g/mol. The van der Waals surface area contributed by atoms with Crippen LogP contribution in [-0.2, 0) is 19.8 Å². The lowest BCUT2D eigenvalue weighted by Gasteiger charge is -2.33. The molecule has 0 bridgehead atoms. The Hall–Kier alpha value is -2.08. The quantitative estimate of drug-likeness (QED) is 0.662. The van der Waals surface area contributed by atoms with E-state index in [0.29, 0.717) is 48.8 Å². The van der Waals surface area contributed by atoms with Crippen molar-refractivity contribution in [3.8, 4) is 0 Å². The van der Waals surface area contributed by atoms with Crippen LogP contribution in [0.1, 0.15) is 39.5 Å². The predicted octanol–water partition coefficient (Wildman–Crippen LogP) is 2.88. The topological polar surface area (TPSA) is 112 Å². The van der Waals surface area contributed by atoms with Gasteiger partial charge in [0, 0.05) is 37.8 Å². The number of aromatic nitrogens is 1. The fourth-order valence-corrected chi connectivity index (χ4v) is 6.62. The maximum Gasteiger partial charge on any atom is 0.281 e. The second kappa shape index (κ2) is 9.42. The lowest BCUT2D eigenvalue weighted by molar-refractivity contribution is -0.121. The monoisotopic (exact) mass is 479 g/mol. The third-order valence-electron chi connectivity index (χ3n) is 5.88. The summed E-state index contributed by atoms with van der Waals surface area (Å²) in [6.07, 6.45) is 3.09. The smallest absolute Gasteiger partial charge is 0.281 e. The molecule has 0 spiro atoms. The van der Waals surface area contributed by atoms with Crippen molar-refractivity contribution in [3.63, 3.8) is 0 Å². The van der Waals surface area contributed by atoms with Crippen LogP contribution in [0, 0.1) is 11.8 Å². The van der Waals surface area contributed by atoms with Gasteiger partial charge in [0.05, 0.1) is 16.1 Å². The molecule has 11 heteroatoms. The summed E-state index contributed by atoms with van der Waals surface area (Å²) >= 11 is 1.38. The number of fused-ring (bicyclic) bond motifs is 1. The standard InChI is InChI=1S/C21H29N5O4S2/c1-14(2)19(27)24-21-23-17-12-16(7-8-18(17)31-21)22-20(28)15-6-5-11-26(13-15)32(29,30)25-9-3-4-10-25/h7-8,12,14-15H,3-6,9-11,13H2,1-2H3,(H,22,28)(H,23,24,27). The predicted molar refractivity (Wildman–Crippen MR) is 126 cm³/mol. The van der Waals surface area contributed by atoms with Gasteiger partial charge >= 0.3 is 0 Å². The zero-order chi connectivity index (χ0) is 22.9. The molecule has 1 unspecified atom stereocenters. The molecule has 0 saturated carbocycles. The molecule has 174 valence electrons. The van der Waals surface area contributed by atoms with Gasteiger partial charge in [-0.05, 0) is 43.9 Å². The molecule has 2 fully saturated rings. The SMILES string of the molecule is CC(C)C(=O)Nc1nc2cc(NC(=O)C3CCCN(S(=O)(=O)N4CCCC4)C3)ccc2s1. The van der Waals surface area contributed by atoms with Gasteiger partial charge < -0.3 is 10.6 Å². The number of anilines is 2. The number of rotatable bonds is 6. The van der Waals surface area contributed by atoms with Gasteiger partial charge in [-0.25, -0.2) is 4.98 Å². The van der Waals surface area contributed by atoms with Crippen molar-refractivity contribution >= 4 is 54.4 Å². The summed E-state index contributed by atoms with van der Waals surface area (Å²) in [6.45, 7) is 5.41. The van der Waals surface area contributed by atoms with Crippen molar-refractivity contribution in [2.75, 3.05) is 36.8 Å². The first kappa shape index (κ1) is 23.1. The Kier molecular flexibility index (Phi) is 6.80. The number of piperidine rings is 1. The van der Waals surface area contributed by atoms with Gasteiger partial charge in [-0.15, -0.1) is 0 Å². The van der Waals surface area contributed by atoms with Gasteiger partial charge in [0.2, 0.25) is 11.8 Å². The van der Waals surface area contributed by atoms with E-state index >= 15 is 0 Å². The van der Waals surface area contributed by atoms with E-state index in [4.69, 9.17) is 0 Å². The summed E-state index contributed by atoms with van der Waals surface area (Å²) in [7, 11) is -3.50. The number of nitrogens with one attached hydrogen (secondary N) is 2. The Morgan fingerprint density at radius 1 is 1.09 bits per heavy atom. The van der Waals surface area contributed by atoms with E-state index in [2.05, 4.69) is 15.6 Å². The molecule has 1 aromatic carbocycles. The summed E-state index contributed by atoms with van der Waals surface area (Å²) in [5.41, 5.74) is 1.29. The first-order valence-corrected chi connectivity index (χ1v) is 13.2. The Morgan fingerprint density at radius 3 is 2.53 bits per heavy atom. The summed E-state index contributed by atoms with van der Waals surface area (Å²) in [6, 6.07) is 5.43. The third kappa shape index (κ3) is 4.95. The van der Waals surface area contributed by atoms with Crippen LogP contribution in [-0.4, -0.2) is 60.0 Å². The van der Waals surface area contributed by atoms with Crippen molar-refractivity contribution in [1.82, 2.24) is 13.6 Å². The van der Waals surface area contributed by atoms with E-state index in [1.165, 1.54) is 19.9 Å². The molecule has 4 rings (SSSR count). The van der Waals surface area contributed by atoms with Gasteiger partial charge in [-0.2, -0.15) is 17.0 Å². The molecule has 0 aliphatic carbocycles. The normalized spacial score (nSPS) is 20.7. The van der Waals surface area contributed by atoms with E-state index in [1.54, 1.807) is 12.1 Å². The summed E-state index contributed by atoms with van der Waals surface area (Å²) in [4.78, 5) is 29.3. The van der Waals surface area contributed by atoms with Crippen molar-refractivity contribution in [2.45, 2.75) is 39.5 Å². The van der Waals surface area contributed by atoms with Crippen LogP contribution in [0.15, 0.2) is 18.2 Å². The number of benzene rings is 1. The first-order chi connectivity index (χ1) is 15.2. The zero-order valence-electron chi connectivity index (χ0n) is 18.3. The van der Waals surface area contributed by atoms with Crippen LogP contribution in [0.2, 0.25) is 0 Å². The minimum absolute atomic E-state index is 0.0942. The van der Waals surface area contributed by atoms with Crippen LogP contribution in [0.5, 0.6) is 0 Å². The Morgan fingerprint density at radius 2 is 1.81 bits per heavy atom. The number of hydrogen-bond donors (Lipinski definition) is 2. The summed E-state index contributed by atoms with van der Waals surface area (Å²) in [5.74, 6) is -0.813. The Bertz CT molecular complexity index is 1110. The fourth-order valence-electron chi connectivity index (χ4n) is 4.00. The van der Waals surface area contributed by atoms with Gasteiger partial charge in [-0.3, -0.25) is 9.59 Å². The number of hydrogen-bond acceptors (Lipinski definition) is 6. The molecular formula is C21H29N5O4S2. The van der Waals surface area contributed by atoms with Crippen LogP contribution in [0.3, 0.4) is 0 Å². The van der Waals surface area contributed by atoms with Crippen molar-refractivity contribution in [2.24, 2.45) is 11.8 Å². The Labute approximate surface area is 192 Å². The van der Waals surface area contributed by atoms with Crippen molar-refractivity contribution in [3.05, 3.63) is 18.2 Å². The van der Waals surface area contributed by atoms with E-state index in [0.717, 1.165) is 17.5 Å². The molecule has 1 atom stereocenters. The second-order valence-corrected chi connectivity index (χ2v) is 11.6. The lowest BCUT2D eigenvalue weighted by atomic mass is 9.98. The van der Waals surface area contributed by atoms with Crippen molar-refractivity contribution in [1.29, 1.82) is 0 Å². The number of thiazole rings is 1. The highest BCUT2D eigenvalue weighted by Crippen LogP contribution is 2.29. The maximum absolute atomic E-state index is 12.9. The number of carbonyl (C=O) groups excluding carboxylic acids is 2. The average molecular weight is 480 g/mol. The molecule has 1 aromatic heterocycles. The molecule has 0 radical (unpaired) electrons. The van der Waals surface area contributed by atoms with Gasteiger partial charge in [0.1, 0.15) is 0 Å². The van der Waals surface area contributed by atoms with Crippen LogP contribution in [0.25, 0.3) is 10.2 Å². The molecule has 2 aliphatic heterocycles. The fraction of sp³-hybridized carbons (Fsp3) is 0.571. The van der Waals surface area contributed by atoms with Gasteiger partial charge in [0.25, 0.3) is 10.2 Å². The molecule has 32 heavy (non-hydrogen) atoms. The highest BCUT2D eigenvalue weighted by molar-refractivity contribution is 7.86. The van der Waals surface area contributed by atoms with Gasteiger partial charge in [-0.1, -0.05) is 25.2 Å². The largest absolute Gasteiger partial charge is 0.326 e. The highest BCUT2D eigenvalue weighted by Gasteiger charge is 2.36. The van der Waals surface area contributed by atoms with Crippen LogP contribution < -0.4 is 10.6 Å². The van der Waals surface area contributed by atoms with Crippen molar-refractivity contribution < 1.29 is 18.0 Å². The molecule has 2 saturated heterocycles. The van der Waals surface area contributed by atoms with E-state index < -0.39 is 16.1 Å².